The van der Waals surface area contributed by atoms with Gasteiger partial charge < -0.3 is 9.80 Å². The summed E-state index contributed by atoms with van der Waals surface area (Å²) in [5, 5.41) is 7.01. The van der Waals surface area contributed by atoms with Crippen LogP contribution in [0.4, 0.5) is 0 Å². The molecule has 6 nitrogen and oxygen atoms in total. The first-order valence-electron chi connectivity index (χ1n) is 8.08. The van der Waals surface area contributed by atoms with Crippen molar-refractivity contribution < 1.29 is 4.79 Å². The Morgan fingerprint density at radius 2 is 2.30 bits per heavy atom. The van der Waals surface area contributed by atoms with Gasteiger partial charge in [-0.15, -0.1) is 0 Å². The average molecular weight is 313 g/mol. The van der Waals surface area contributed by atoms with Crippen LogP contribution in [0.25, 0.3) is 0 Å². The smallest absolute Gasteiger partial charge is 0.223 e. The third-order valence-corrected chi connectivity index (χ3v) is 4.37. The number of hydrogen-bond acceptors (Lipinski definition) is 4. The number of likely N-dealkylation sites (tertiary alicyclic amines) is 1. The summed E-state index contributed by atoms with van der Waals surface area (Å²) in [5.74, 6) is 0.632. The van der Waals surface area contributed by atoms with Gasteiger partial charge in [0.2, 0.25) is 5.91 Å². The fraction of sp³-hybridized carbons (Fsp3) is 0.471. The molecule has 0 unspecified atom stereocenters. The van der Waals surface area contributed by atoms with Crippen molar-refractivity contribution in [2.45, 2.75) is 25.3 Å². The zero-order valence-electron chi connectivity index (χ0n) is 13.5. The highest BCUT2D eigenvalue weighted by Gasteiger charge is 2.27. The Kier molecular flexibility index (Phi) is 5.02. The lowest BCUT2D eigenvalue weighted by atomic mass is 10.1. The third kappa shape index (κ3) is 4.16. The van der Waals surface area contributed by atoms with Gasteiger partial charge in [-0.1, -0.05) is 6.07 Å². The van der Waals surface area contributed by atoms with E-state index in [1.807, 2.05) is 36.2 Å². The minimum atomic E-state index is 0.236. The van der Waals surface area contributed by atoms with Gasteiger partial charge in [0.05, 0.1) is 5.69 Å². The molecule has 1 atom stereocenters. The van der Waals surface area contributed by atoms with Crippen molar-refractivity contribution in [1.29, 1.82) is 0 Å². The molecule has 1 amide bonds. The monoisotopic (exact) mass is 313 g/mol. The van der Waals surface area contributed by atoms with Gasteiger partial charge in [0.15, 0.2) is 0 Å². The first-order chi connectivity index (χ1) is 11.2. The second-order valence-corrected chi connectivity index (χ2v) is 6.15. The summed E-state index contributed by atoms with van der Waals surface area (Å²) in [6, 6.07) is 7.91. The molecule has 1 N–H and O–H groups in total. The van der Waals surface area contributed by atoms with E-state index in [0.29, 0.717) is 12.3 Å². The van der Waals surface area contributed by atoms with E-state index in [9.17, 15) is 4.79 Å². The number of pyridine rings is 1. The summed E-state index contributed by atoms with van der Waals surface area (Å²) in [5.41, 5.74) is 2.16. The lowest BCUT2D eigenvalue weighted by Crippen LogP contribution is -2.32. The van der Waals surface area contributed by atoms with Crippen LogP contribution in [0.15, 0.2) is 36.7 Å². The van der Waals surface area contributed by atoms with E-state index >= 15 is 0 Å². The standard InChI is InChI=1S/C17H23N5O/c1-21(13-15-4-2-3-8-18-15)10-7-17(23)22-11-6-14(12-22)16-5-9-19-20-16/h2-5,8-9,14H,6-7,10-13H2,1H3,(H,19,20)/t14-/m0/s1. The van der Waals surface area contributed by atoms with Crippen LogP contribution in [0.2, 0.25) is 0 Å². The van der Waals surface area contributed by atoms with E-state index < -0.39 is 0 Å². The first-order valence-corrected chi connectivity index (χ1v) is 8.08. The minimum Gasteiger partial charge on any atom is -0.342 e. The predicted octanol–water partition coefficient (Wildman–Crippen LogP) is 1.64. The molecule has 3 rings (SSSR count). The zero-order chi connectivity index (χ0) is 16.1. The molecular weight excluding hydrogens is 290 g/mol. The molecule has 2 aromatic heterocycles. The van der Waals surface area contributed by atoms with Crippen LogP contribution < -0.4 is 0 Å². The molecule has 3 heterocycles. The van der Waals surface area contributed by atoms with E-state index in [-0.39, 0.29) is 5.91 Å². The van der Waals surface area contributed by atoms with Gasteiger partial charge in [-0.2, -0.15) is 5.10 Å². The van der Waals surface area contributed by atoms with Gasteiger partial charge in [0.25, 0.3) is 0 Å². The highest BCUT2D eigenvalue weighted by molar-refractivity contribution is 5.76. The van der Waals surface area contributed by atoms with Crippen molar-refractivity contribution in [3.05, 3.63) is 48.0 Å². The Hall–Kier alpha value is -2.21. The van der Waals surface area contributed by atoms with Crippen LogP contribution in [0.5, 0.6) is 0 Å². The SMILES string of the molecule is CN(CCC(=O)N1CC[C@H](c2ccn[nH]2)C1)Cc1ccccn1. The van der Waals surface area contributed by atoms with Gasteiger partial charge in [0, 0.05) is 56.6 Å². The highest BCUT2D eigenvalue weighted by atomic mass is 16.2. The quantitative estimate of drug-likeness (QED) is 0.880. The van der Waals surface area contributed by atoms with E-state index in [1.54, 1.807) is 12.4 Å². The molecule has 2 aromatic rings. The van der Waals surface area contributed by atoms with Crippen LogP contribution in [0, 0.1) is 0 Å². The summed E-state index contributed by atoms with van der Waals surface area (Å²) in [6.45, 7) is 3.16. The Bertz CT molecular complexity index is 613. The topological polar surface area (TPSA) is 65.1 Å². The van der Waals surface area contributed by atoms with Crippen molar-refractivity contribution in [3.8, 4) is 0 Å². The Morgan fingerprint density at radius 3 is 3.04 bits per heavy atom. The highest BCUT2D eigenvalue weighted by Crippen LogP contribution is 2.25. The van der Waals surface area contributed by atoms with E-state index in [4.69, 9.17) is 0 Å². The largest absolute Gasteiger partial charge is 0.342 e. The molecule has 0 saturated carbocycles. The van der Waals surface area contributed by atoms with Crippen LogP contribution >= 0.6 is 0 Å². The lowest BCUT2D eigenvalue weighted by Gasteiger charge is -2.20. The van der Waals surface area contributed by atoms with Gasteiger partial charge in [-0.3, -0.25) is 14.9 Å². The number of H-pyrrole nitrogens is 1. The van der Waals surface area contributed by atoms with Crippen molar-refractivity contribution in [2.75, 3.05) is 26.7 Å². The summed E-state index contributed by atoms with van der Waals surface area (Å²) < 4.78 is 0. The fourth-order valence-corrected chi connectivity index (χ4v) is 3.03. The Morgan fingerprint density at radius 1 is 1.39 bits per heavy atom. The van der Waals surface area contributed by atoms with Gasteiger partial charge in [-0.25, -0.2) is 0 Å². The molecule has 23 heavy (non-hydrogen) atoms. The summed E-state index contributed by atoms with van der Waals surface area (Å²) >= 11 is 0. The average Bonchev–Trinajstić information content (AvgIpc) is 3.24. The Labute approximate surface area is 136 Å². The van der Waals surface area contributed by atoms with E-state index in [0.717, 1.165) is 44.0 Å². The number of hydrogen-bond donors (Lipinski definition) is 1. The summed E-state index contributed by atoms with van der Waals surface area (Å²) in [6.07, 6.45) is 5.14. The van der Waals surface area contributed by atoms with Crippen molar-refractivity contribution in [2.24, 2.45) is 0 Å². The van der Waals surface area contributed by atoms with Crippen LogP contribution in [0.3, 0.4) is 0 Å². The second-order valence-electron chi connectivity index (χ2n) is 6.15. The first kappa shape index (κ1) is 15.7. The minimum absolute atomic E-state index is 0.236. The third-order valence-electron chi connectivity index (χ3n) is 4.37. The van der Waals surface area contributed by atoms with Crippen LogP contribution in [-0.2, 0) is 11.3 Å². The maximum Gasteiger partial charge on any atom is 0.223 e. The van der Waals surface area contributed by atoms with Crippen molar-refractivity contribution in [3.63, 3.8) is 0 Å². The molecule has 0 radical (unpaired) electrons. The Balaban J connectivity index is 1.43. The van der Waals surface area contributed by atoms with E-state index in [2.05, 4.69) is 20.1 Å². The number of aromatic amines is 1. The zero-order valence-corrected chi connectivity index (χ0v) is 13.5. The molecule has 1 fully saturated rings. The number of carbonyl (C=O) groups excluding carboxylic acids is 1. The van der Waals surface area contributed by atoms with Gasteiger partial charge in [0.1, 0.15) is 0 Å². The molecule has 1 aliphatic rings. The predicted molar refractivity (Wildman–Crippen MR) is 87.7 cm³/mol. The van der Waals surface area contributed by atoms with Crippen LogP contribution in [-0.4, -0.2) is 57.6 Å². The molecule has 122 valence electrons. The van der Waals surface area contributed by atoms with Crippen molar-refractivity contribution >= 4 is 5.91 Å². The lowest BCUT2D eigenvalue weighted by molar-refractivity contribution is -0.130. The van der Waals surface area contributed by atoms with Gasteiger partial charge >= 0.3 is 0 Å². The molecule has 6 heteroatoms. The maximum absolute atomic E-state index is 12.4. The molecule has 1 aliphatic heterocycles. The number of aromatic nitrogens is 3. The number of nitrogens with one attached hydrogen (secondary N) is 1. The number of rotatable bonds is 6. The number of nitrogens with zero attached hydrogens (tertiary/aromatic N) is 4. The molecule has 0 aliphatic carbocycles. The summed E-state index contributed by atoms with van der Waals surface area (Å²) in [7, 11) is 2.03. The molecule has 0 aromatic carbocycles. The molecule has 1 saturated heterocycles. The number of amides is 1. The van der Waals surface area contributed by atoms with Crippen molar-refractivity contribution in [1.82, 2.24) is 25.0 Å². The van der Waals surface area contributed by atoms with Crippen LogP contribution in [0.1, 0.15) is 30.1 Å². The molecule has 0 spiro atoms. The fourth-order valence-electron chi connectivity index (χ4n) is 3.03. The summed E-state index contributed by atoms with van der Waals surface area (Å²) in [4.78, 5) is 20.8. The normalized spacial score (nSPS) is 17.8. The second kappa shape index (κ2) is 7.37. The van der Waals surface area contributed by atoms with E-state index in [1.165, 1.54) is 0 Å². The molecule has 0 bridgehead atoms. The number of carbonyl (C=O) groups is 1. The van der Waals surface area contributed by atoms with Gasteiger partial charge in [-0.05, 0) is 31.7 Å². The maximum atomic E-state index is 12.4. The molecular formula is C17H23N5O.